The lowest BCUT2D eigenvalue weighted by Crippen LogP contribution is -2.57. The van der Waals surface area contributed by atoms with Crippen LogP contribution in [0, 0.1) is 0 Å². The molecule has 0 spiro atoms. The summed E-state index contributed by atoms with van der Waals surface area (Å²) in [4.78, 5) is 63.4. The number of thioether (sulfide) groups is 1. The molecular weight excluding hydrogens is 474 g/mol. The van der Waals surface area contributed by atoms with Gasteiger partial charge in [0.25, 0.3) is 0 Å². The molecule has 15 nitrogen and oxygen atoms in total. The van der Waals surface area contributed by atoms with Crippen LogP contribution in [0.15, 0.2) is 4.99 Å². The summed E-state index contributed by atoms with van der Waals surface area (Å²) in [5, 5.41) is 33.9. The van der Waals surface area contributed by atoms with E-state index in [1.165, 1.54) is 11.8 Å². The van der Waals surface area contributed by atoms with Gasteiger partial charge in [0.15, 0.2) is 5.96 Å². The predicted molar refractivity (Wildman–Crippen MR) is 124 cm³/mol. The Balaban J connectivity index is 5.49. The molecule has 4 atom stereocenters. The fourth-order valence-corrected chi connectivity index (χ4v) is 3.04. The van der Waals surface area contributed by atoms with Crippen LogP contribution >= 0.6 is 11.8 Å². The summed E-state index contributed by atoms with van der Waals surface area (Å²) < 4.78 is 0. The van der Waals surface area contributed by atoms with Gasteiger partial charge in [-0.3, -0.25) is 24.2 Å². The van der Waals surface area contributed by atoms with Crippen LogP contribution in [0.3, 0.4) is 0 Å². The lowest BCUT2D eigenvalue weighted by Gasteiger charge is -2.24. The van der Waals surface area contributed by atoms with E-state index in [4.69, 9.17) is 32.5 Å². The fraction of sp³-hybridized carbons (Fsp3) is 0.667. The Bertz CT molecular complexity index is 748. The van der Waals surface area contributed by atoms with Gasteiger partial charge in [0, 0.05) is 6.54 Å². The summed E-state index contributed by atoms with van der Waals surface area (Å²) in [6, 6.07) is -5.36. The first-order valence-corrected chi connectivity index (χ1v) is 11.6. The third-order valence-corrected chi connectivity index (χ3v) is 4.99. The van der Waals surface area contributed by atoms with E-state index in [2.05, 4.69) is 20.9 Å². The molecule has 0 bridgehead atoms. The Hall–Kier alpha value is -3.11. The molecule has 0 aliphatic heterocycles. The van der Waals surface area contributed by atoms with Gasteiger partial charge in [-0.2, -0.15) is 11.8 Å². The first-order valence-electron chi connectivity index (χ1n) is 10.2. The van der Waals surface area contributed by atoms with Crippen molar-refractivity contribution in [1.82, 2.24) is 16.0 Å². The summed E-state index contributed by atoms with van der Waals surface area (Å²) in [7, 11) is 0. The highest BCUT2D eigenvalue weighted by Gasteiger charge is 2.30. The monoisotopic (exact) mass is 507 g/mol. The third-order valence-electron chi connectivity index (χ3n) is 4.35. The van der Waals surface area contributed by atoms with E-state index < -0.39 is 66.9 Å². The van der Waals surface area contributed by atoms with Gasteiger partial charge in [-0.05, 0) is 31.3 Å². The smallest absolute Gasteiger partial charge is 0.328 e. The molecule has 0 aromatic rings. The molecule has 0 aromatic carbocycles. The molecular formula is C18H33N7O8S. The summed E-state index contributed by atoms with van der Waals surface area (Å²) in [6.45, 7) is -0.717. The van der Waals surface area contributed by atoms with Gasteiger partial charge in [0.05, 0.1) is 19.1 Å². The maximum absolute atomic E-state index is 12.9. The van der Waals surface area contributed by atoms with Crippen molar-refractivity contribution in [2.45, 2.75) is 49.9 Å². The van der Waals surface area contributed by atoms with Crippen LogP contribution in [0.25, 0.3) is 0 Å². The molecule has 4 unspecified atom stereocenters. The van der Waals surface area contributed by atoms with E-state index in [1.807, 2.05) is 0 Å². The van der Waals surface area contributed by atoms with Crippen LogP contribution in [-0.4, -0.2) is 100 Å². The van der Waals surface area contributed by atoms with Gasteiger partial charge < -0.3 is 48.5 Å². The molecule has 0 saturated carbocycles. The van der Waals surface area contributed by atoms with E-state index in [-0.39, 0.29) is 31.8 Å². The number of nitrogens with zero attached hydrogens (tertiary/aromatic N) is 1. The Morgan fingerprint density at radius 2 is 1.44 bits per heavy atom. The SMILES string of the molecule is CSCCC(NC(=O)C(CCCN=C(N)N)NC(=O)C(N)CC(=O)O)C(=O)NC(CO)C(=O)O. The number of carbonyl (C=O) groups excluding carboxylic acids is 3. The molecule has 0 saturated heterocycles. The number of guanidine groups is 1. The number of carbonyl (C=O) groups is 5. The van der Waals surface area contributed by atoms with Crippen LogP contribution in [0.4, 0.5) is 0 Å². The minimum Gasteiger partial charge on any atom is -0.481 e. The maximum Gasteiger partial charge on any atom is 0.328 e. The molecule has 0 fully saturated rings. The second-order valence-corrected chi connectivity index (χ2v) is 8.12. The number of nitrogens with two attached hydrogens (primary N) is 3. The number of hydrogen-bond donors (Lipinski definition) is 9. The van der Waals surface area contributed by atoms with Crippen molar-refractivity contribution in [2.75, 3.05) is 25.2 Å². The molecule has 0 radical (unpaired) electrons. The summed E-state index contributed by atoms with van der Waals surface area (Å²) in [5.74, 6) is -5.00. The second-order valence-electron chi connectivity index (χ2n) is 7.14. The normalized spacial score (nSPS) is 14.1. The number of rotatable bonds is 17. The molecule has 12 N–H and O–H groups in total. The number of hydrogen-bond acceptors (Lipinski definition) is 9. The van der Waals surface area contributed by atoms with Crippen LogP contribution in [-0.2, 0) is 24.0 Å². The summed E-state index contributed by atoms with van der Waals surface area (Å²) in [5.41, 5.74) is 16.1. The summed E-state index contributed by atoms with van der Waals surface area (Å²) >= 11 is 1.38. The highest BCUT2D eigenvalue weighted by atomic mass is 32.2. The number of aliphatic hydroxyl groups is 1. The molecule has 34 heavy (non-hydrogen) atoms. The van der Waals surface area contributed by atoms with Crippen molar-refractivity contribution in [3.05, 3.63) is 0 Å². The van der Waals surface area contributed by atoms with Gasteiger partial charge in [-0.15, -0.1) is 0 Å². The van der Waals surface area contributed by atoms with Gasteiger partial charge in [0.1, 0.15) is 18.1 Å². The number of carboxylic acid groups (broad SMARTS) is 2. The van der Waals surface area contributed by atoms with Crippen molar-refractivity contribution < 1.29 is 39.3 Å². The minimum atomic E-state index is -1.56. The zero-order chi connectivity index (χ0) is 26.3. The fourth-order valence-electron chi connectivity index (χ4n) is 2.57. The molecule has 16 heteroatoms. The minimum absolute atomic E-state index is 0.0272. The van der Waals surface area contributed by atoms with Crippen molar-refractivity contribution >= 4 is 47.4 Å². The van der Waals surface area contributed by atoms with Crippen molar-refractivity contribution in [2.24, 2.45) is 22.2 Å². The van der Waals surface area contributed by atoms with Crippen molar-refractivity contribution in [3.63, 3.8) is 0 Å². The maximum atomic E-state index is 12.9. The quantitative estimate of drug-likeness (QED) is 0.0519. The standard InChI is InChI=1S/C18H33N7O8S/c1-34-6-4-11(16(31)25-12(8-26)17(32)33)24-15(30)10(3-2-5-22-18(20)21)23-14(29)9(19)7-13(27)28/h9-12,26H,2-8,19H2,1H3,(H,23,29)(H,24,30)(H,25,31)(H,27,28)(H,32,33)(H4,20,21,22). The van der Waals surface area contributed by atoms with Crippen LogP contribution in [0.5, 0.6) is 0 Å². The largest absolute Gasteiger partial charge is 0.481 e. The molecule has 194 valence electrons. The van der Waals surface area contributed by atoms with Crippen LogP contribution < -0.4 is 33.2 Å². The highest BCUT2D eigenvalue weighted by Crippen LogP contribution is 2.05. The molecule has 0 aromatic heterocycles. The zero-order valence-corrected chi connectivity index (χ0v) is 19.5. The summed E-state index contributed by atoms with van der Waals surface area (Å²) in [6.07, 6.45) is 1.51. The lowest BCUT2D eigenvalue weighted by atomic mass is 10.1. The van der Waals surface area contributed by atoms with E-state index in [1.54, 1.807) is 6.26 Å². The predicted octanol–water partition coefficient (Wildman–Crippen LogP) is -3.87. The van der Waals surface area contributed by atoms with Gasteiger partial charge in [0.2, 0.25) is 17.7 Å². The average molecular weight is 508 g/mol. The van der Waals surface area contributed by atoms with Crippen LogP contribution in [0.2, 0.25) is 0 Å². The van der Waals surface area contributed by atoms with E-state index >= 15 is 0 Å². The highest BCUT2D eigenvalue weighted by molar-refractivity contribution is 7.98. The van der Waals surface area contributed by atoms with Crippen molar-refractivity contribution in [1.29, 1.82) is 0 Å². The molecule has 0 aliphatic rings. The number of aliphatic hydroxyl groups excluding tert-OH is 1. The Morgan fingerprint density at radius 1 is 0.912 bits per heavy atom. The van der Waals surface area contributed by atoms with Gasteiger partial charge in [-0.1, -0.05) is 0 Å². The number of aliphatic imine (C=N–C) groups is 1. The molecule has 3 amide bonds. The Morgan fingerprint density at radius 3 is 1.91 bits per heavy atom. The number of aliphatic carboxylic acids is 2. The second kappa shape index (κ2) is 16.5. The Labute approximate surface area is 200 Å². The number of amides is 3. The molecule has 0 aliphatic carbocycles. The topological polar surface area (TPSA) is 273 Å². The third kappa shape index (κ3) is 12.8. The molecule has 0 rings (SSSR count). The van der Waals surface area contributed by atoms with Crippen LogP contribution in [0.1, 0.15) is 25.7 Å². The number of nitrogens with one attached hydrogen (secondary N) is 3. The lowest BCUT2D eigenvalue weighted by molar-refractivity contribution is -0.143. The first-order chi connectivity index (χ1) is 15.9. The van der Waals surface area contributed by atoms with E-state index in [9.17, 15) is 24.0 Å². The number of carboxylic acids is 2. The molecule has 0 heterocycles. The Kier molecular flexibility index (Phi) is 15.0. The average Bonchev–Trinajstić information content (AvgIpc) is 2.75. The van der Waals surface area contributed by atoms with Gasteiger partial charge >= 0.3 is 11.9 Å². The zero-order valence-electron chi connectivity index (χ0n) is 18.7. The van der Waals surface area contributed by atoms with E-state index in [0.717, 1.165) is 0 Å². The van der Waals surface area contributed by atoms with Crippen molar-refractivity contribution in [3.8, 4) is 0 Å². The first kappa shape index (κ1) is 30.9. The van der Waals surface area contributed by atoms with E-state index in [0.29, 0.717) is 5.75 Å². The van der Waals surface area contributed by atoms with Gasteiger partial charge in [-0.25, -0.2) is 4.79 Å².